The Balaban J connectivity index is 2.22. The SMILES string of the molecule is Cn1ncc(Cl)c1S(=O)(=O)NCc1ccccc1CN. The summed E-state index contributed by atoms with van der Waals surface area (Å²) < 4.78 is 28.2. The lowest BCUT2D eigenvalue weighted by Crippen LogP contribution is -2.26. The van der Waals surface area contributed by atoms with E-state index in [1.807, 2.05) is 24.3 Å². The number of nitrogens with two attached hydrogens (primary N) is 1. The van der Waals surface area contributed by atoms with Crippen LogP contribution in [0, 0.1) is 0 Å². The van der Waals surface area contributed by atoms with Crippen LogP contribution >= 0.6 is 11.6 Å². The molecule has 0 saturated heterocycles. The van der Waals surface area contributed by atoms with Gasteiger partial charge in [0.15, 0.2) is 5.03 Å². The monoisotopic (exact) mass is 314 g/mol. The Morgan fingerprint density at radius 1 is 1.35 bits per heavy atom. The van der Waals surface area contributed by atoms with Crippen LogP contribution in [0.25, 0.3) is 0 Å². The molecule has 0 aliphatic carbocycles. The highest BCUT2D eigenvalue weighted by molar-refractivity contribution is 7.89. The molecule has 2 aromatic rings. The molecule has 0 aliphatic heterocycles. The number of halogens is 1. The fourth-order valence-electron chi connectivity index (χ4n) is 1.87. The first kappa shape index (κ1) is 15.0. The zero-order chi connectivity index (χ0) is 14.8. The first-order chi connectivity index (χ1) is 9.45. The summed E-state index contributed by atoms with van der Waals surface area (Å²) in [5, 5.41) is 3.86. The molecule has 1 aromatic heterocycles. The van der Waals surface area contributed by atoms with Crippen molar-refractivity contribution in [1.82, 2.24) is 14.5 Å². The Bertz CT molecular complexity index is 692. The molecule has 108 valence electrons. The molecule has 0 bridgehead atoms. The maximum atomic E-state index is 12.2. The van der Waals surface area contributed by atoms with E-state index in [0.29, 0.717) is 6.54 Å². The highest BCUT2D eigenvalue weighted by Crippen LogP contribution is 2.20. The van der Waals surface area contributed by atoms with Gasteiger partial charge in [0.1, 0.15) is 0 Å². The summed E-state index contributed by atoms with van der Waals surface area (Å²) in [7, 11) is -2.20. The van der Waals surface area contributed by atoms with E-state index in [9.17, 15) is 8.42 Å². The van der Waals surface area contributed by atoms with Gasteiger partial charge in [-0.15, -0.1) is 0 Å². The predicted octanol–water partition coefficient (Wildman–Crippen LogP) is 1.01. The minimum Gasteiger partial charge on any atom is -0.326 e. The average molecular weight is 315 g/mol. The lowest BCUT2D eigenvalue weighted by atomic mass is 10.1. The van der Waals surface area contributed by atoms with Crippen molar-refractivity contribution in [2.24, 2.45) is 12.8 Å². The zero-order valence-electron chi connectivity index (χ0n) is 10.9. The van der Waals surface area contributed by atoms with Crippen molar-refractivity contribution in [1.29, 1.82) is 0 Å². The maximum absolute atomic E-state index is 12.2. The molecule has 0 unspecified atom stereocenters. The lowest BCUT2D eigenvalue weighted by molar-refractivity contribution is 0.562. The molecule has 1 aromatic carbocycles. The van der Waals surface area contributed by atoms with Gasteiger partial charge in [0.25, 0.3) is 10.0 Å². The third kappa shape index (κ3) is 3.01. The predicted molar refractivity (Wildman–Crippen MR) is 76.6 cm³/mol. The molecular weight excluding hydrogens is 300 g/mol. The Morgan fingerprint density at radius 2 is 2.00 bits per heavy atom. The molecule has 3 N–H and O–H groups in total. The standard InChI is InChI=1S/C12H15ClN4O2S/c1-17-12(11(13)8-15-17)20(18,19)16-7-10-5-3-2-4-9(10)6-14/h2-5,8,16H,6-7,14H2,1H3. The first-order valence-electron chi connectivity index (χ1n) is 5.89. The third-order valence-corrected chi connectivity index (χ3v) is 4.79. The average Bonchev–Trinajstić information content (AvgIpc) is 2.77. The zero-order valence-corrected chi connectivity index (χ0v) is 12.4. The fraction of sp³-hybridized carbons (Fsp3) is 0.250. The Hall–Kier alpha value is -1.41. The number of sulfonamides is 1. The van der Waals surface area contributed by atoms with Crippen molar-refractivity contribution >= 4 is 21.6 Å². The Morgan fingerprint density at radius 3 is 2.55 bits per heavy atom. The van der Waals surface area contributed by atoms with E-state index < -0.39 is 10.0 Å². The number of nitrogens with zero attached hydrogens (tertiary/aromatic N) is 2. The van der Waals surface area contributed by atoms with Crippen LogP contribution in [0.15, 0.2) is 35.5 Å². The van der Waals surface area contributed by atoms with Gasteiger partial charge in [-0.3, -0.25) is 4.68 Å². The van der Waals surface area contributed by atoms with Crippen LogP contribution in [0.3, 0.4) is 0 Å². The van der Waals surface area contributed by atoms with Crippen LogP contribution in [0.1, 0.15) is 11.1 Å². The van der Waals surface area contributed by atoms with E-state index in [0.717, 1.165) is 11.1 Å². The summed E-state index contributed by atoms with van der Waals surface area (Å²) in [5.74, 6) is 0. The molecule has 0 radical (unpaired) electrons. The van der Waals surface area contributed by atoms with Gasteiger partial charge in [-0.25, -0.2) is 13.1 Å². The van der Waals surface area contributed by atoms with Crippen molar-refractivity contribution in [2.45, 2.75) is 18.1 Å². The van der Waals surface area contributed by atoms with Gasteiger partial charge in [-0.1, -0.05) is 35.9 Å². The molecule has 20 heavy (non-hydrogen) atoms. The topological polar surface area (TPSA) is 90.0 Å². The molecule has 1 heterocycles. The van der Waals surface area contributed by atoms with E-state index in [2.05, 4.69) is 9.82 Å². The summed E-state index contributed by atoms with van der Waals surface area (Å²) in [6.45, 7) is 0.502. The largest absolute Gasteiger partial charge is 0.326 e. The smallest absolute Gasteiger partial charge is 0.259 e. The van der Waals surface area contributed by atoms with Gasteiger partial charge in [-0.05, 0) is 11.1 Å². The van der Waals surface area contributed by atoms with Crippen LogP contribution < -0.4 is 10.5 Å². The molecule has 0 amide bonds. The van der Waals surface area contributed by atoms with Gasteiger partial charge < -0.3 is 5.73 Å². The van der Waals surface area contributed by atoms with E-state index in [1.165, 1.54) is 17.9 Å². The second-order valence-electron chi connectivity index (χ2n) is 4.22. The molecule has 0 atom stereocenters. The van der Waals surface area contributed by atoms with E-state index in [-0.39, 0.29) is 16.6 Å². The van der Waals surface area contributed by atoms with Crippen molar-refractivity contribution < 1.29 is 8.42 Å². The summed E-state index contributed by atoms with van der Waals surface area (Å²) in [4.78, 5) is 0. The first-order valence-corrected chi connectivity index (χ1v) is 7.76. The maximum Gasteiger partial charge on any atom is 0.259 e. The van der Waals surface area contributed by atoms with Crippen LogP contribution in [0.2, 0.25) is 5.02 Å². The Labute approximate surface area is 122 Å². The Kier molecular flexibility index (Phi) is 4.44. The molecule has 2 rings (SSSR count). The molecule has 8 heteroatoms. The summed E-state index contributed by atoms with van der Waals surface area (Å²) >= 11 is 5.85. The fourth-order valence-corrected chi connectivity index (χ4v) is 3.53. The highest BCUT2D eigenvalue weighted by Gasteiger charge is 2.22. The van der Waals surface area contributed by atoms with Gasteiger partial charge in [0.05, 0.1) is 11.2 Å². The van der Waals surface area contributed by atoms with Crippen LogP contribution in [0.4, 0.5) is 0 Å². The van der Waals surface area contributed by atoms with E-state index >= 15 is 0 Å². The number of nitrogens with one attached hydrogen (secondary N) is 1. The summed E-state index contributed by atoms with van der Waals surface area (Å²) in [6, 6.07) is 7.38. The number of hydrogen-bond donors (Lipinski definition) is 2. The third-order valence-electron chi connectivity index (χ3n) is 2.89. The highest BCUT2D eigenvalue weighted by atomic mass is 35.5. The van der Waals surface area contributed by atoms with E-state index in [1.54, 1.807) is 0 Å². The molecular formula is C12H15ClN4O2S. The van der Waals surface area contributed by atoms with E-state index in [4.69, 9.17) is 17.3 Å². The number of aromatic nitrogens is 2. The molecule has 0 spiro atoms. The number of aryl methyl sites for hydroxylation is 1. The van der Waals surface area contributed by atoms with Crippen molar-refractivity contribution in [3.05, 3.63) is 46.6 Å². The van der Waals surface area contributed by atoms with Crippen LogP contribution in [-0.2, 0) is 30.2 Å². The summed E-state index contributed by atoms with van der Waals surface area (Å²) in [6.07, 6.45) is 1.30. The number of hydrogen-bond acceptors (Lipinski definition) is 4. The van der Waals surface area contributed by atoms with Gasteiger partial charge in [0.2, 0.25) is 0 Å². The lowest BCUT2D eigenvalue weighted by Gasteiger charge is -2.10. The van der Waals surface area contributed by atoms with Crippen molar-refractivity contribution in [3.63, 3.8) is 0 Å². The number of rotatable bonds is 5. The van der Waals surface area contributed by atoms with Crippen LogP contribution in [0.5, 0.6) is 0 Å². The molecule has 0 fully saturated rings. The quantitative estimate of drug-likeness (QED) is 0.862. The van der Waals surface area contributed by atoms with Gasteiger partial charge in [-0.2, -0.15) is 5.10 Å². The second-order valence-corrected chi connectivity index (χ2v) is 6.31. The van der Waals surface area contributed by atoms with Crippen LogP contribution in [-0.4, -0.2) is 18.2 Å². The molecule has 0 saturated carbocycles. The van der Waals surface area contributed by atoms with Gasteiger partial charge >= 0.3 is 0 Å². The molecule has 0 aliphatic rings. The normalized spacial score (nSPS) is 11.8. The molecule has 6 nitrogen and oxygen atoms in total. The number of benzene rings is 1. The minimum absolute atomic E-state index is 0.0515. The minimum atomic E-state index is -3.72. The van der Waals surface area contributed by atoms with Crippen molar-refractivity contribution in [2.75, 3.05) is 0 Å². The van der Waals surface area contributed by atoms with Crippen molar-refractivity contribution in [3.8, 4) is 0 Å². The summed E-state index contributed by atoms with van der Waals surface area (Å²) in [5.41, 5.74) is 7.35. The van der Waals surface area contributed by atoms with Gasteiger partial charge in [0, 0.05) is 20.1 Å². The second kappa shape index (κ2) is 5.92.